The van der Waals surface area contributed by atoms with E-state index in [1.807, 2.05) is 30.3 Å². The van der Waals surface area contributed by atoms with Gasteiger partial charge in [0, 0.05) is 35.2 Å². The van der Waals surface area contributed by atoms with Gasteiger partial charge in [-0.1, -0.05) is 30.3 Å². The standard InChI is InChI=1S/C27H19F3N4O2/c1-15(35)34-23(14-22(33-34)24-7-4-12-36-24)21-13-19-18-5-2-3-6-20(18)31-26(19)25(32-21)16-8-10-17(11-9-16)27(28,29)30/h2-13,23,31H,14H2,1H3. The monoisotopic (exact) mass is 488 g/mol. The van der Waals surface area contributed by atoms with Crippen molar-refractivity contribution in [2.45, 2.75) is 25.6 Å². The van der Waals surface area contributed by atoms with Gasteiger partial charge in [0.1, 0.15) is 17.5 Å². The Morgan fingerprint density at radius 1 is 1.06 bits per heavy atom. The Morgan fingerprint density at radius 3 is 2.53 bits per heavy atom. The van der Waals surface area contributed by atoms with Crippen LogP contribution in [-0.2, 0) is 11.0 Å². The maximum atomic E-state index is 13.2. The highest BCUT2D eigenvalue weighted by atomic mass is 19.4. The average molecular weight is 488 g/mol. The lowest BCUT2D eigenvalue weighted by Crippen LogP contribution is -2.25. The van der Waals surface area contributed by atoms with E-state index < -0.39 is 17.8 Å². The van der Waals surface area contributed by atoms with E-state index in [2.05, 4.69) is 10.1 Å². The number of halogens is 3. The number of hydrazone groups is 1. The van der Waals surface area contributed by atoms with Crippen molar-refractivity contribution in [1.82, 2.24) is 15.0 Å². The molecule has 5 aromatic rings. The first-order valence-electron chi connectivity index (χ1n) is 11.3. The summed E-state index contributed by atoms with van der Waals surface area (Å²) < 4.78 is 45.0. The number of rotatable bonds is 3. The van der Waals surface area contributed by atoms with Gasteiger partial charge in [-0.05, 0) is 36.4 Å². The molecular formula is C27H19F3N4O2. The molecule has 4 heterocycles. The SMILES string of the molecule is CC(=O)N1N=C(c2ccco2)CC1c1cc2c([nH]c3ccccc32)c(-c2ccc(C(F)(F)F)cc2)n1. The summed E-state index contributed by atoms with van der Waals surface area (Å²) in [5, 5.41) is 7.69. The fourth-order valence-electron chi connectivity index (χ4n) is 4.68. The third kappa shape index (κ3) is 3.64. The lowest BCUT2D eigenvalue weighted by molar-refractivity contribution is -0.137. The number of H-pyrrole nitrogens is 1. The Hall–Kier alpha value is -4.40. The molecule has 0 spiro atoms. The number of hydrogen-bond acceptors (Lipinski definition) is 4. The molecule has 180 valence electrons. The molecule has 0 fully saturated rings. The maximum absolute atomic E-state index is 13.2. The van der Waals surface area contributed by atoms with Crippen LogP contribution in [0, 0.1) is 0 Å². The van der Waals surface area contributed by atoms with Crippen molar-refractivity contribution >= 4 is 33.4 Å². The fourth-order valence-corrected chi connectivity index (χ4v) is 4.68. The second kappa shape index (κ2) is 8.08. The van der Waals surface area contributed by atoms with Crippen LogP contribution in [0.25, 0.3) is 33.1 Å². The number of aromatic amines is 1. The third-order valence-electron chi connectivity index (χ3n) is 6.38. The quantitative estimate of drug-likeness (QED) is 0.307. The van der Waals surface area contributed by atoms with Crippen LogP contribution in [0.3, 0.4) is 0 Å². The molecule has 6 nitrogen and oxygen atoms in total. The summed E-state index contributed by atoms with van der Waals surface area (Å²) in [6.45, 7) is 1.43. The van der Waals surface area contributed by atoms with Crippen LogP contribution in [0.4, 0.5) is 13.2 Å². The van der Waals surface area contributed by atoms with Crippen LogP contribution in [0.5, 0.6) is 0 Å². The first kappa shape index (κ1) is 22.1. The Labute approximate surface area is 203 Å². The van der Waals surface area contributed by atoms with Gasteiger partial charge in [0.25, 0.3) is 0 Å². The van der Waals surface area contributed by atoms with E-state index in [-0.39, 0.29) is 5.91 Å². The maximum Gasteiger partial charge on any atom is 0.416 e. The van der Waals surface area contributed by atoms with E-state index in [0.29, 0.717) is 40.4 Å². The highest BCUT2D eigenvalue weighted by Crippen LogP contribution is 2.39. The van der Waals surface area contributed by atoms with Crippen LogP contribution < -0.4 is 0 Å². The number of benzene rings is 2. The van der Waals surface area contributed by atoms with Crippen LogP contribution in [0.15, 0.2) is 82.5 Å². The van der Waals surface area contributed by atoms with Crippen molar-refractivity contribution in [3.8, 4) is 11.3 Å². The molecule has 1 N–H and O–H groups in total. The normalized spacial score (nSPS) is 16.2. The van der Waals surface area contributed by atoms with E-state index in [1.165, 1.54) is 24.1 Å². The van der Waals surface area contributed by atoms with Crippen molar-refractivity contribution in [2.24, 2.45) is 5.10 Å². The minimum atomic E-state index is -4.43. The zero-order valence-electron chi connectivity index (χ0n) is 19.0. The molecule has 1 amide bonds. The van der Waals surface area contributed by atoms with E-state index >= 15 is 0 Å². The molecule has 6 rings (SSSR count). The Morgan fingerprint density at radius 2 is 1.83 bits per heavy atom. The molecule has 0 radical (unpaired) electrons. The van der Waals surface area contributed by atoms with Gasteiger partial charge in [-0.3, -0.25) is 4.79 Å². The zero-order valence-corrected chi connectivity index (χ0v) is 19.0. The number of fused-ring (bicyclic) bond motifs is 3. The number of hydrogen-bond donors (Lipinski definition) is 1. The van der Waals surface area contributed by atoms with Crippen molar-refractivity contribution in [3.05, 3.63) is 90.0 Å². The number of pyridine rings is 1. The van der Waals surface area contributed by atoms with Gasteiger partial charge < -0.3 is 9.40 Å². The number of nitrogens with zero attached hydrogens (tertiary/aromatic N) is 3. The summed E-state index contributed by atoms with van der Waals surface area (Å²) in [6, 6.07) is 17.6. The lowest BCUT2D eigenvalue weighted by Gasteiger charge is -2.20. The topological polar surface area (TPSA) is 74.5 Å². The summed E-state index contributed by atoms with van der Waals surface area (Å²) in [7, 11) is 0. The smallest absolute Gasteiger partial charge is 0.416 e. The number of furan rings is 1. The van der Waals surface area contributed by atoms with E-state index in [0.717, 1.165) is 28.4 Å². The summed E-state index contributed by atoms with van der Waals surface area (Å²) in [5.74, 6) is 0.318. The Balaban J connectivity index is 1.53. The van der Waals surface area contributed by atoms with Crippen molar-refractivity contribution < 1.29 is 22.4 Å². The van der Waals surface area contributed by atoms with Crippen molar-refractivity contribution in [3.63, 3.8) is 0 Å². The van der Waals surface area contributed by atoms with Crippen LogP contribution in [-0.4, -0.2) is 26.6 Å². The molecular weight excluding hydrogens is 469 g/mol. The van der Waals surface area contributed by atoms with Crippen LogP contribution in [0.2, 0.25) is 0 Å². The number of carbonyl (C=O) groups excluding carboxylic acids is 1. The first-order valence-corrected chi connectivity index (χ1v) is 11.3. The van der Waals surface area contributed by atoms with Gasteiger partial charge >= 0.3 is 6.18 Å². The Kier molecular flexibility index (Phi) is 4.96. The number of amides is 1. The number of alkyl halides is 3. The summed E-state index contributed by atoms with van der Waals surface area (Å²) in [5.41, 5.74) is 3.09. The van der Waals surface area contributed by atoms with Crippen molar-refractivity contribution in [1.29, 1.82) is 0 Å². The molecule has 0 bridgehead atoms. The zero-order chi connectivity index (χ0) is 25.0. The average Bonchev–Trinajstić information content (AvgIpc) is 3.61. The minimum Gasteiger partial charge on any atom is -0.463 e. The molecule has 0 saturated heterocycles. The summed E-state index contributed by atoms with van der Waals surface area (Å²) >= 11 is 0. The van der Waals surface area contributed by atoms with Gasteiger partial charge in [0.15, 0.2) is 0 Å². The largest absolute Gasteiger partial charge is 0.463 e. The van der Waals surface area contributed by atoms with E-state index in [9.17, 15) is 18.0 Å². The minimum absolute atomic E-state index is 0.251. The van der Waals surface area contributed by atoms with E-state index in [4.69, 9.17) is 9.40 Å². The van der Waals surface area contributed by atoms with Gasteiger partial charge in [0.05, 0.1) is 28.7 Å². The molecule has 1 aliphatic heterocycles. The first-order chi connectivity index (χ1) is 17.3. The highest BCUT2D eigenvalue weighted by molar-refractivity contribution is 6.11. The third-order valence-corrected chi connectivity index (χ3v) is 6.38. The highest BCUT2D eigenvalue weighted by Gasteiger charge is 2.34. The second-order valence-corrected chi connectivity index (χ2v) is 8.67. The van der Waals surface area contributed by atoms with Crippen molar-refractivity contribution in [2.75, 3.05) is 0 Å². The second-order valence-electron chi connectivity index (χ2n) is 8.67. The van der Waals surface area contributed by atoms with Gasteiger partial charge in [-0.25, -0.2) is 9.99 Å². The van der Waals surface area contributed by atoms with Gasteiger partial charge in [-0.2, -0.15) is 18.3 Å². The van der Waals surface area contributed by atoms with Gasteiger partial charge in [0.2, 0.25) is 5.91 Å². The summed E-state index contributed by atoms with van der Waals surface area (Å²) in [6.07, 6.45) is -2.50. The number of nitrogens with one attached hydrogen (secondary N) is 1. The number of para-hydroxylation sites is 1. The Bertz CT molecular complexity index is 1630. The van der Waals surface area contributed by atoms with E-state index in [1.54, 1.807) is 18.4 Å². The lowest BCUT2D eigenvalue weighted by atomic mass is 10.0. The van der Waals surface area contributed by atoms with Gasteiger partial charge in [-0.15, -0.1) is 0 Å². The molecule has 2 aromatic carbocycles. The predicted octanol–water partition coefficient (Wildman–Crippen LogP) is 6.69. The van der Waals surface area contributed by atoms with Crippen LogP contribution in [0.1, 0.15) is 36.4 Å². The molecule has 1 aliphatic rings. The molecule has 1 atom stereocenters. The molecule has 36 heavy (non-hydrogen) atoms. The molecule has 0 saturated carbocycles. The number of carbonyl (C=O) groups is 1. The summed E-state index contributed by atoms with van der Waals surface area (Å²) in [4.78, 5) is 20.7. The molecule has 3 aromatic heterocycles. The predicted molar refractivity (Wildman–Crippen MR) is 129 cm³/mol. The number of aromatic nitrogens is 2. The van der Waals surface area contributed by atoms with Crippen LogP contribution >= 0.6 is 0 Å². The molecule has 0 aliphatic carbocycles. The molecule has 9 heteroatoms. The molecule has 1 unspecified atom stereocenters. The fraction of sp³-hybridized carbons (Fsp3) is 0.148.